The van der Waals surface area contributed by atoms with Crippen molar-refractivity contribution in [3.8, 4) is 0 Å². The monoisotopic (exact) mass is 439 g/mol. The molecule has 0 saturated heterocycles. The van der Waals surface area contributed by atoms with Gasteiger partial charge >= 0.3 is 0 Å². The van der Waals surface area contributed by atoms with E-state index in [1.165, 1.54) is 33.5 Å². The fourth-order valence-corrected chi connectivity index (χ4v) is 3.65. The normalized spacial score (nSPS) is 13.8. The lowest BCUT2D eigenvalue weighted by molar-refractivity contribution is 1.33. The molecule has 0 radical (unpaired) electrons. The number of halogens is 2. The van der Waals surface area contributed by atoms with Gasteiger partial charge in [-0.3, -0.25) is 0 Å². The van der Waals surface area contributed by atoms with Crippen molar-refractivity contribution in [1.29, 1.82) is 0 Å². The van der Waals surface area contributed by atoms with Crippen LogP contribution in [0, 0.1) is 0 Å². The Morgan fingerprint density at radius 3 is 1.83 bits per heavy atom. The number of aromatic amines is 1. The van der Waals surface area contributed by atoms with Crippen LogP contribution >= 0.6 is 31.9 Å². The molecular formula is C21H15Br2N. The van der Waals surface area contributed by atoms with Gasteiger partial charge in [-0.1, -0.05) is 68.3 Å². The SMILES string of the molecule is Brc1ccc(C2=CCC=C(c3ccc(Br)cc3)c3[nH]ccc32)cc1. The smallest absolute Gasteiger partial charge is 0.0536 e. The van der Waals surface area contributed by atoms with Gasteiger partial charge in [0, 0.05) is 26.3 Å². The minimum absolute atomic E-state index is 0.916. The number of nitrogens with one attached hydrogen (secondary N) is 1. The summed E-state index contributed by atoms with van der Waals surface area (Å²) in [6.45, 7) is 0. The average Bonchev–Trinajstić information content (AvgIpc) is 2.99. The predicted octanol–water partition coefficient (Wildman–Crippen LogP) is 6.81. The molecule has 1 nitrogen and oxygen atoms in total. The van der Waals surface area contributed by atoms with Crippen molar-refractivity contribution in [2.45, 2.75) is 6.42 Å². The van der Waals surface area contributed by atoms with E-state index in [4.69, 9.17) is 0 Å². The summed E-state index contributed by atoms with van der Waals surface area (Å²) < 4.78 is 2.20. The number of hydrogen-bond donors (Lipinski definition) is 1. The molecule has 0 aliphatic heterocycles. The first-order valence-electron chi connectivity index (χ1n) is 7.83. The Bertz CT molecular complexity index is 853. The molecule has 3 heteroatoms. The van der Waals surface area contributed by atoms with Crippen LogP contribution in [0.4, 0.5) is 0 Å². The molecule has 0 unspecified atom stereocenters. The Morgan fingerprint density at radius 2 is 1.21 bits per heavy atom. The summed E-state index contributed by atoms with van der Waals surface area (Å²) in [6, 6.07) is 19.2. The molecule has 1 heterocycles. The Morgan fingerprint density at radius 1 is 0.667 bits per heavy atom. The van der Waals surface area contributed by atoms with Crippen LogP contribution in [0.2, 0.25) is 0 Å². The van der Waals surface area contributed by atoms with Gasteiger partial charge in [-0.15, -0.1) is 0 Å². The van der Waals surface area contributed by atoms with Gasteiger partial charge in [0.1, 0.15) is 0 Å². The largest absolute Gasteiger partial charge is 0.361 e. The summed E-state index contributed by atoms with van der Waals surface area (Å²) >= 11 is 7.03. The number of H-pyrrole nitrogens is 1. The van der Waals surface area contributed by atoms with E-state index in [9.17, 15) is 0 Å². The molecule has 0 fully saturated rings. The van der Waals surface area contributed by atoms with Gasteiger partial charge in [0.15, 0.2) is 0 Å². The molecule has 1 aliphatic carbocycles. The molecular weight excluding hydrogens is 426 g/mol. The molecule has 118 valence electrons. The van der Waals surface area contributed by atoms with E-state index in [0.29, 0.717) is 0 Å². The summed E-state index contributed by atoms with van der Waals surface area (Å²) in [5.74, 6) is 0. The molecule has 3 aromatic rings. The maximum absolute atomic E-state index is 3.52. The van der Waals surface area contributed by atoms with Crippen LogP contribution < -0.4 is 0 Å². The summed E-state index contributed by atoms with van der Waals surface area (Å²) in [7, 11) is 0. The quantitative estimate of drug-likeness (QED) is 0.450. The van der Waals surface area contributed by atoms with Gasteiger partial charge in [-0.05, 0) is 53.5 Å². The second kappa shape index (κ2) is 6.58. The summed E-state index contributed by atoms with van der Waals surface area (Å²) in [5.41, 5.74) is 7.44. The van der Waals surface area contributed by atoms with Gasteiger partial charge in [0.25, 0.3) is 0 Å². The van der Waals surface area contributed by atoms with E-state index in [0.717, 1.165) is 15.4 Å². The van der Waals surface area contributed by atoms with Gasteiger partial charge in [-0.2, -0.15) is 0 Å². The molecule has 24 heavy (non-hydrogen) atoms. The van der Waals surface area contributed by atoms with Crippen molar-refractivity contribution in [2.75, 3.05) is 0 Å². The summed E-state index contributed by atoms with van der Waals surface area (Å²) in [5, 5.41) is 0. The first-order chi connectivity index (χ1) is 11.7. The molecule has 4 rings (SSSR count). The molecule has 0 amide bonds. The van der Waals surface area contributed by atoms with Crippen molar-refractivity contribution >= 4 is 43.0 Å². The fourth-order valence-electron chi connectivity index (χ4n) is 3.12. The van der Waals surface area contributed by atoms with Crippen molar-refractivity contribution in [3.05, 3.63) is 104 Å². The van der Waals surface area contributed by atoms with Gasteiger partial charge in [0.05, 0.1) is 5.69 Å². The number of fused-ring (bicyclic) bond motifs is 1. The molecule has 1 N–H and O–H groups in total. The third-order valence-corrected chi connectivity index (χ3v) is 5.32. The van der Waals surface area contributed by atoms with Gasteiger partial charge < -0.3 is 4.98 Å². The Balaban J connectivity index is 1.80. The van der Waals surface area contributed by atoms with E-state index in [-0.39, 0.29) is 0 Å². The maximum atomic E-state index is 3.52. The zero-order valence-electron chi connectivity index (χ0n) is 12.9. The highest BCUT2D eigenvalue weighted by atomic mass is 79.9. The fraction of sp³-hybridized carbons (Fsp3) is 0.0476. The zero-order chi connectivity index (χ0) is 16.5. The lowest BCUT2D eigenvalue weighted by Crippen LogP contribution is -1.93. The van der Waals surface area contributed by atoms with Crippen molar-refractivity contribution in [1.82, 2.24) is 4.98 Å². The predicted molar refractivity (Wildman–Crippen MR) is 108 cm³/mol. The zero-order valence-corrected chi connectivity index (χ0v) is 16.1. The number of aromatic nitrogens is 1. The summed E-state index contributed by atoms with van der Waals surface area (Å²) in [4.78, 5) is 3.44. The average molecular weight is 441 g/mol. The van der Waals surface area contributed by atoms with E-state index >= 15 is 0 Å². The second-order valence-electron chi connectivity index (χ2n) is 5.75. The molecule has 0 spiro atoms. The van der Waals surface area contributed by atoms with Crippen LogP contribution in [-0.4, -0.2) is 4.98 Å². The topological polar surface area (TPSA) is 15.8 Å². The van der Waals surface area contributed by atoms with Crippen LogP contribution in [0.1, 0.15) is 28.8 Å². The van der Waals surface area contributed by atoms with Crippen LogP contribution in [0.5, 0.6) is 0 Å². The van der Waals surface area contributed by atoms with Crippen molar-refractivity contribution < 1.29 is 0 Å². The van der Waals surface area contributed by atoms with Crippen LogP contribution in [-0.2, 0) is 0 Å². The first-order valence-corrected chi connectivity index (χ1v) is 9.41. The van der Waals surface area contributed by atoms with E-state index in [2.05, 4.69) is 104 Å². The standard InChI is InChI=1S/C21H15Br2N/c22-16-8-4-14(5-9-16)18-2-1-3-19(21-20(18)12-13-24-21)15-6-10-17(23)11-7-15/h2-13,24H,1H2. The number of benzene rings is 2. The van der Waals surface area contributed by atoms with Crippen LogP contribution in [0.3, 0.4) is 0 Å². The number of rotatable bonds is 2. The molecule has 1 aliphatic rings. The third-order valence-electron chi connectivity index (χ3n) is 4.26. The van der Waals surface area contributed by atoms with E-state index in [1.54, 1.807) is 0 Å². The third kappa shape index (κ3) is 2.94. The van der Waals surface area contributed by atoms with Gasteiger partial charge in [0.2, 0.25) is 0 Å². The Hall–Kier alpha value is -1.84. The number of hydrogen-bond acceptors (Lipinski definition) is 0. The highest BCUT2D eigenvalue weighted by molar-refractivity contribution is 9.10. The second-order valence-corrected chi connectivity index (χ2v) is 7.58. The van der Waals surface area contributed by atoms with Crippen LogP contribution in [0.15, 0.2) is 81.9 Å². The van der Waals surface area contributed by atoms with Crippen LogP contribution in [0.25, 0.3) is 11.1 Å². The minimum Gasteiger partial charge on any atom is -0.361 e. The lowest BCUT2D eigenvalue weighted by Gasteiger charge is -2.11. The molecule has 2 aromatic carbocycles. The van der Waals surface area contributed by atoms with E-state index in [1.807, 2.05) is 6.20 Å². The highest BCUT2D eigenvalue weighted by Crippen LogP contribution is 2.36. The summed E-state index contributed by atoms with van der Waals surface area (Å²) in [6.07, 6.45) is 7.54. The van der Waals surface area contributed by atoms with Crippen molar-refractivity contribution in [3.63, 3.8) is 0 Å². The highest BCUT2D eigenvalue weighted by Gasteiger charge is 2.17. The minimum atomic E-state index is 0.916. The van der Waals surface area contributed by atoms with Gasteiger partial charge in [-0.25, -0.2) is 0 Å². The first kappa shape index (κ1) is 15.7. The molecule has 1 aromatic heterocycles. The molecule has 0 atom stereocenters. The van der Waals surface area contributed by atoms with E-state index < -0.39 is 0 Å². The van der Waals surface area contributed by atoms with Crippen molar-refractivity contribution in [2.24, 2.45) is 0 Å². The maximum Gasteiger partial charge on any atom is 0.0536 e. The number of allylic oxidation sites excluding steroid dienone is 2. The Labute approximate surface area is 158 Å². The Kier molecular flexibility index (Phi) is 4.30. The molecule has 0 saturated carbocycles. The molecule has 0 bridgehead atoms. The lowest BCUT2D eigenvalue weighted by atomic mass is 9.95.